The molecule has 0 bridgehead atoms. The van der Waals surface area contributed by atoms with Gasteiger partial charge in [-0.1, -0.05) is 30.3 Å². The van der Waals surface area contributed by atoms with E-state index in [1.165, 1.54) is 0 Å². The summed E-state index contributed by atoms with van der Waals surface area (Å²) in [5, 5.41) is 4.26. The van der Waals surface area contributed by atoms with Gasteiger partial charge in [-0.3, -0.25) is 8.48 Å². The molecule has 0 radical (unpaired) electrons. The molecule has 0 amide bonds. The molecular weight excluding hydrogens is 380 g/mol. The van der Waals surface area contributed by atoms with Gasteiger partial charge in [0, 0.05) is 6.54 Å². The SMILES string of the molecule is O=S(=O)(O)N1Cc2c(ccc3cc4ccccc4cc23)N(Br)C1. The predicted octanol–water partition coefficient (Wildman–Crippen LogP) is 3.69. The Bertz CT molecular complexity index is 1040. The average molecular weight is 393 g/mol. The summed E-state index contributed by atoms with van der Waals surface area (Å²) in [6, 6.07) is 16.2. The minimum absolute atomic E-state index is 0.0604. The summed E-state index contributed by atoms with van der Waals surface area (Å²) >= 11 is 3.37. The van der Waals surface area contributed by atoms with Crippen LogP contribution in [0.4, 0.5) is 5.69 Å². The van der Waals surface area contributed by atoms with E-state index in [9.17, 15) is 13.0 Å². The predicted molar refractivity (Wildman–Crippen MR) is 94.8 cm³/mol. The quantitative estimate of drug-likeness (QED) is 0.389. The average Bonchev–Trinajstić information content (AvgIpc) is 2.52. The molecule has 0 aromatic heterocycles. The first-order valence-electron chi connectivity index (χ1n) is 7.04. The number of halogens is 1. The number of anilines is 1. The molecule has 0 saturated carbocycles. The maximum absolute atomic E-state index is 11.5. The summed E-state index contributed by atoms with van der Waals surface area (Å²) < 4.78 is 35.1. The molecule has 1 N–H and O–H groups in total. The topological polar surface area (TPSA) is 60.9 Å². The van der Waals surface area contributed by atoms with E-state index in [1.807, 2.05) is 30.3 Å². The first-order chi connectivity index (χ1) is 10.9. The zero-order valence-electron chi connectivity index (χ0n) is 12.0. The van der Waals surface area contributed by atoms with Crippen molar-refractivity contribution in [1.82, 2.24) is 4.31 Å². The maximum Gasteiger partial charge on any atom is 0.337 e. The molecule has 1 heterocycles. The molecule has 3 aromatic carbocycles. The Morgan fingerprint density at radius 2 is 1.70 bits per heavy atom. The number of rotatable bonds is 1. The third-order valence-corrected chi connectivity index (χ3v) is 5.68. The van der Waals surface area contributed by atoms with Crippen LogP contribution in [0.25, 0.3) is 21.5 Å². The van der Waals surface area contributed by atoms with Gasteiger partial charge < -0.3 is 0 Å². The van der Waals surface area contributed by atoms with Crippen LogP contribution < -0.4 is 3.93 Å². The molecule has 1 aliphatic heterocycles. The van der Waals surface area contributed by atoms with E-state index in [0.29, 0.717) is 0 Å². The van der Waals surface area contributed by atoms with E-state index in [-0.39, 0.29) is 13.2 Å². The second-order valence-electron chi connectivity index (χ2n) is 5.58. The van der Waals surface area contributed by atoms with Crippen LogP contribution in [0.15, 0.2) is 48.5 Å². The largest absolute Gasteiger partial charge is 0.337 e. The Morgan fingerprint density at radius 1 is 1.00 bits per heavy atom. The highest BCUT2D eigenvalue weighted by molar-refractivity contribution is 9.10. The lowest BCUT2D eigenvalue weighted by Crippen LogP contribution is -2.40. The van der Waals surface area contributed by atoms with Gasteiger partial charge in [0.25, 0.3) is 0 Å². The van der Waals surface area contributed by atoms with Crippen LogP contribution in [0.1, 0.15) is 5.56 Å². The van der Waals surface area contributed by atoms with E-state index < -0.39 is 10.3 Å². The van der Waals surface area contributed by atoms with Crippen LogP contribution in [0.2, 0.25) is 0 Å². The molecule has 0 fully saturated rings. The van der Waals surface area contributed by atoms with Gasteiger partial charge in [-0.2, -0.15) is 12.7 Å². The van der Waals surface area contributed by atoms with E-state index >= 15 is 0 Å². The van der Waals surface area contributed by atoms with Gasteiger partial charge in [0.2, 0.25) is 0 Å². The van der Waals surface area contributed by atoms with Gasteiger partial charge in [-0.25, -0.2) is 0 Å². The van der Waals surface area contributed by atoms with Gasteiger partial charge >= 0.3 is 10.3 Å². The van der Waals surface area contributed by atoms with Crippen molar-refractivity contribution >= 4 is 53.7 Å². The molecule has 118 valence electrons. The van der Waals surface area contributed by atoms with Crippen molar-refractivity contribution in [2.75, 3.05) is 10.6 Å². The third-order valence-electron chi connectivity index (χ3n) is 4.18. The first-order valence-corrected chi connectivity index (χ1v) is 9.14. The highest BCUT2D eigenvalue weighted by Gasteiger charge is 2.29. The van der Waals surface area contributed by atoms with Gasteiger partial charge in [-0.05, 0) is 45.3 Å². The summed E-state index contributed by atoms with van der Waals surface area (Å²) in [5.41, 5.74) is 1.78. The molecule has 0 aliphatic carbocycles. The summed E-state index contributed by atoms with van der Waals surface area (Å²) in [4.78, 5) is 0. The Kier molecular flexibility index (Phi) is 3.35. The van der Waals surface area contributed by atoms with Crippen LogP contribution in [0.3, 0.4) is 0 Å². The van der Waals surface area contributed by atoms with Crippen molar-refractivity contribution in [3.8, 4) is 0 Å². The van der Waals surface area contributed by atoms with Crippen molar-refractivity contribution in [1.29, 1.82) is 0 Å². The molecule has 0 saturated heterocycles. The Morgan fingerprint density at radius 3 is 2.39 bits per heavy atom. The van der Waals surface area contributed by atoms with Gasteiger partial charge in [0.15, 0.2) is 0 Å². The van der Waals surface area contributed by atoms with Crippen LogP contribution in [0, 0.1) is 0 Å². The molecule has 5 nitrogen and oxygen atoms in total. The standard InChI is InChI=1S/C16H13BrN2O3S/c17-19-10-18(23(20,21)22)9-15-14-8-12-4-2-1-3-11(12)7-13(14)5-6-16(15)19/h1-8H,9-10H2,(H,20,21,22). The fourth-order valence-electron chi connectivity index (χ4n) is 3.05. The number of benzene rings is 3. The van der Waals surface area contributed by atoms with Crippen LogP contribution in [-0.2, 0) is 16.8 Å². The summed E-state index contributed by atoms with van der Waals surface area (Å²) in [5.74, 6) is 0. The number of fused-ring (bicyclic) bond motifs is 4. The number of hydrogen-bond acceptors (Lipinski definition) is 3. The van der Waals surface area contributed by atoms with Crippen LogP contribution in [0.5, 0.6) is 0 Å². The number of hydrogen-bond donors (Lipinski definition) is 1. The lowest BCUT2D eigenvalue weighted by atomic mass is 9.97. The molecule has 1 aliphatic rings. The van der Waals surface area contributed by atoms with Gasteiger partial charge in [0.1, 0.15) is 0 Å². The van der Waals surface area contributed by atoms with Crippen molar-refractivity contribution in [3.63, 3.8) is 0 Å². The normalized spacial score (nSPS) is 16.0. The number of nitrogens with zero attached hydrogens (tertiary/aromatic N) is 2. The van der Waals surface area contributed by atoms with Gasteiger partial charge in [0.05, 0.1) is 28.5 Å². The Hall–Kier alpha value is -1.67. The molecular formula is C16H13BrN2O3S. The minimum Gasteiger partial charge on any atom is -0.293 e. The molecule has 0 spiro atoms. The van der Waals surface area contributed by atoms with E-state index in [4.69, 9.17) is 0 Å². The molecule has 4 rings (SSSR count). The highest BCUT2D eigenvalue weighted by atomic mass is 79.9. The summed E-state index contributed by atoms with van der Waals surface area (Å²) in [6.07, 6.45) is 0. The molecule has 0 unspecified atom stereocenters. The third kappa shape index (κ3) is 2.49. The Balaban J connectivity index is 2.00. The van der Waals surface area contributed by atoms with E-state index in [0.717, 1.165) is 37.1 Å². The van der Waals surface area contributed by atoms with Crippen molar-refractivity contribution in [2.45, 2.75) is 6.54 Å². The molecule has 7 heteroatoms. The highest BCUT2D eigenvalue weighted by Crippen LogP contribution is 2.37. The lowest BCUT2D eigenvalue weighted by molar-refractivity contribution is 0.348. The van der Waals surface area contributed by atoms with Gasteiger partial charge in [-0.15, -0.1) is 0 Å². The zero-order valence-corrected chi connectivity index (χ0v) is 14.4. The molecule has 23 heavy (non-hydrogen) atoms. The Labute approximate surface area is 142 Å². The second-order valence-corrected chi connectivity index (χ2v) is 7.84. The summed E-state index contributed by atoms with van der Waals surface area (Å²) in [6.45, 7) is 0.205. The zero-order chi connectivity index (χ0) is 16.2. The van der Waals surface area contributed by atoms with Crippen LogP contribution >= 0.6 is 16.1 Å². The van der Waals surface area contributed by atoms with Crippen molar-refractivity contribution < 1.29 is 13.0 Å². The molecule has 0 atom stereocenters. The fraction of sp³-hybridized carbons (Fsp3) is 0.125. The summed E-state index contributed by atoms with van der Waals surface area (Å²) in [7, 11) is -4.25. The fourth-order valence-corrected chi connectivity index (χ4v) is 4.36. The molecule has 3 aromatic rings. The smallest absolute Gasteiger partial charge is 0.293 e. The van der Waals surface area contributed by atoms with Crippen molar-refractivity contribution in [3.05, 3.63) is 54.1 Å². The maximum atomic E-state index is 11.5. The van der Waals surface area contributed by atoms with Crippen molar-refractivity contribution in [2.24, 2.45) is 0 Å². The van der Waals surface area contributed by atoms with E-state index in [2.05, 4.69) is 34.3 Å². The lowest BCUT2D eigenvalue weighted by Gasteiger charge is -2.33. The second kappa shape index (κ2) is 5.17. The monoisotopic (exact) mass is 392 g/mol. The van der Waals surface area contributed by atoms with E-state index in [1.54, 1.807) is 3.93 Å². The minimum atomic E-state index is -4.25. The first kappa shape index (κ1) is 14.9. The van der Waals surface area contributed by atoms with Crippen LogP contribution in [-0.4, -0.2) is 23.9 Å².